The fourth-order valence-corrected chi connectivity index (χ4v) is 7.19. The van der Waals surface area contributed by atoms with Gasteiger partial charge in [-0.1, -0.05) is 90.6 Å². The van der Waals surface area contributed by atoms with Crippen LogP contribution < -0.4 is 9.62 Å². The van der Waals surface area contributed by atoms with Crippen LogP contribution >= 0.6 is 15.9 Å². The number of aryl methyl sites for hydroxylation is 1. The first-order valence-electron chi connectivity index (χ1n) is 14.2. The van der Waals surface area contributed by atoms with E-state index in [0.29, 0.717) is 12.1 Å². The van der Waals surface area contributed by atoms with Crippen molar-refractivity contribution in [1.82, 2.24) is 10.2 Å². The number of nitrogens with zero attached hydrogens (tertiary/aromatic N) is 2. The summed E-state index contributed by atoms with van der Waals surface area (Å²) in [5.74, 6) is -0.687. The molecule has 1 atom stereocenters. The van der Waals surface area contributed by atoms with Crippen molar-refractivity contribution in [2.45, 2.75) is 75.9 Å². The number of sulfonamides is 1. The number of para-hydroxylation sites is 1. The van der Waals surface area contributed by atoms with E-state index in [9.17, 15) is 18.0 Å². The fourth-order valence-electron chi connectivity index (χ4n) is 5.27. The van der Waals surface area contributed by atoms with Crippen LogP contribution in [-0.4, -0.2) is 43.8 Å². The zero-order valence-electron chi connectivity index (χ0n) is 23.6. The summed E-state index contributed by atoms with van der Waals surface area (Å²) < 4.78 is 30.0. The van der Waals surface area contributed by atoms with E-state index in [4.69, 9.17) is 0 Å². The molecule has 0 spiro atoms. The standard InChI is InChI=1S/C32H38BrN3O4S/c1-3-26-14-10-11-20-30(26)36(41(39,40)29-18-8-5-9-19-29)23-31(37)35(22-25-13-12-15-27(33)21-25)24(2)32(38)34-28-16-6-4-7-17-28/h5,8-15,18-21,24,28H,3-4,6-7,16-17,22-23H2,1-2H3,(H,34,38)/t24-/m1/s1. The summed E-state index contributed by atoms with van der Waals surface area (Å²) >= 11 is 3.49. The number of hydrogen-bond donors (Lipinski definition) is 1. The zero-order valence-corrected chi connectivity index (χ0v) is 26.0. The van der Waals surface area contributed by atoms with Crippen LogP contribution in [0.25, 0.3) is 0 Å². The number of anilines is 1. The van der Waals surface area contributed by atoms with Crippen molar-refractivity contribution in [2.24, 2.45) is 0 Å². The van der Waals surface area contributed by atoms with Crippen LogP contribution in [0.4, 0.5) is 5.69 Å². The second kappa shape index (κ2) is 14.1. The molecule has 1 saturated carbocycles. The molecule has 4 rings (SSSR count). The van der Waals surface area contributed by atoms with Gasteiger partial charge in [-0.3, -0.25) is 13.9 Å². The smallest absolute Gasteiger partial charge is 0.264 e. The molecule has 0 saturated heterocycles. The molecule has 1 aliphatic carbocycles. The third kappa shape index (κ3) is 7.77. The van der Waals surface area contributed by atoms with E-state index in [1.54, 1.807) is 37.3 Å². The van der Waals surface area contributed by atoms with E-state index in [1.165, 1.54) is 27.8 Å². The Morgan fingerprint density at radius 1 is 0.951 bits per heavy atom. The largest absolute Gasteiger partial charge is 0.352 e. The molecule has 0 heterocycles. The minimum atomic E-state index is -4.09. The van der Waals surface area contributed by atoms with Gasteiger partial charge in [-0.25, -0.2) is 8.42 Å². The molecule has 0 aromatic heterocycles. The van der Waals surface area contributed by atoms with Gasteiger partial charge >= 0.3 is 0 Å². The number of halogens is 1. The van der Waals surface area contributed by atoms with Crippen LogP contribution in [0, 0.1) is 0 Å². The quantitative estimate of drug-likeness (QED) is 0.276. The number of carbonyl (C=O) groups is 2. The van der Waals surface area contributed by atoms with Gasteiger partial charge in [0.25, 0.3) is 10.0 Å². The van der Waals surface area contributed by atoms with Crippen LogP contribution in [-0.2, 0) is 32.6 Å². The summed E-state index contributed by atoms with van der Waals surface area (Å²) in [6, 6.07) is 22.2. The van der Waals surface area contributed by atoms with Gasteiger partial charge in [0, 0.05) is 17.1 Å². The number of carbonyl (C=O) groups excluding carboxylic acids is 2. The molecule has 0 bridgehead atoms. The molecule has 1 fully saturated rings. The van der Waals surface area contributed by atoms with Crippen molar-refractivity contribution in [3.63, 3.8) is 0 Å². The van der Waals surface area contributed by atoms with E-state index in [-0.39, 0.29) is 23.4 Å². The van der Waals surface area contributed by atoms with Crippen molar-refractivity contribution in [2.75, 3.05) is 10.8 Å². The first kappa shape index (κ1) is 30.8. The van der Waals surface area contributed by atoms with Crippen LogP contribution in [0.5, 0.6) is 0 Å². The minimum Gasteiger partial charge on any atom is -0.352 e. The van der Waals surface area contributed by atoms with E-state index in [0.717, 1.165) is 41.3 Å². The van der Waals surface area contributed by atoms with E-state index >= 15 is 0 Å². The second-order valence-electron chi connectivity index (χ2n) is 10.5. The average Bonchev–Trinajstić information content (AvgIpc) is 2.99. The van der Waals surface area contributed by atoms with E-state index in [1.807, 2.05) is 43.3 Å². The zero-order chi connectivity index (χ0) is 29.4. The number of hydrogen-bond acceptors (Lipinski definition) is 4. The Labute approximate surface area is 252 Å². The summed E-state index contributed by atoms with van der Waals surface area (Å²) in [4.78, 5) is 29.2. The Hall–Kier alpha value is -3.17. The van der Waals surface area contributed by atoms with Gasteiger partial charge in [0.15, 0.2) is 0 Å². The van der Waals surface area contributed by atoms with Crippen LogP contribution in [0.15, 0.2) is 88.2 Å². The van der Waals surface area contributed by atoms with Crippen molar-refractivity contribution in [3.05, 3.63) is 94.5 Å². The summed E-state index contributed by atoms with van der Waals surface area (Å²) in [5, 5.41) is 3.14. The van der Waals surface area contributed by atoms with Gasteiger partial charge in [-0.05, 0) is 67.6 Å². The first-order chi connectivity index (χ1) is 19.7. The Morgan fingerprint density at radius 3 is 2.32 bits per heavy atom. The molecular weight excluding hydrogens is 602 g/mol. The molecule has 218 valence electrons. The van der Waals surface area contributed by atoms with Crippen LogP contribution in [0.3, 0.4) is 0 Å². The van der Waals surface area contributed by atoms with Gasteiger partial charge in [0.05, 0.1) is 10.6 Å². The normalized spacial score (nSPS) is 14.7. The summed E-state index contributed by atoms with van der Waals surface area (Å²) in [5.41, 5.74) is 2.09. The van der Waals surface area contributed by atoms with Crippen molar-refractivity contribution < 1.29 is 18.0 Å². The highest BCUT2D eigenvalue weighted by Gasteiger charge is 2.33. The third-order valence-electron chi connectivity index (χ3n) is 7.61. The van der Waals surface area contributed by atoms with Crippen molar-refractivity contribution in [1.29, 1.82) is 0 Å². The maximum absolute atomic E-state index is 14.2. The van der Waals surface area contributed by atoms with Gasteiger partial charge in [-0.15, -0.1) is 0 Å². The number of benzene rings is 3. The highest BCUT2D eigenvalue weighted by atomic mass is 79.9. The molecule has 1 N–H and O–H groups in total. The molecule has 41 heavy (non-hydrogen) atoms. The second-order valence-corrected chi connectivity index (χ2v) is 13.3. The number of nitrogens with one attached hydrogen (secondary N) is 1. The molecule has 0 radical (unpaired) electrons. The molecular formula is C32H38BrN3O4S. The molecule has 7 nitrogen and oxygen atoms in total. The topological polar surface area (TPSA) is 86.8 Å². The van der Waals surface area contributed by atoms with Gasteiger partial charge in [-0.2, -0.15) is 0 Å². The van der Waals surface area contributed by atoms with E-state index < -0.39 is 28.5 Å². The molecule has 0 aliphatic heterocycles. The molecule has 3 aromatic carbocycles. The lowest BCUT2D eigenvalue weighted by Crippen LogP contribution is -2.53. The maximum Gasteiger partial charge on any atom is 0.264 e. The predicted molar refractivity (Wildman–Crippen MR) is 166 cm³/mol. The third-order valence-corrected chi connectivity index (χ3v) is 9.88. The van der Waals surface area contributed by atoms with Crippen LogP contribution in [0.1, 0.15) is 57.1 Å². The SMILES string of the molecule is CCc1ccccc1N(CC(=O)N(Cc1cccc(Br)c1)[C@H](C)C(=O)NC1CCCCC1)S(=O)(=O)c1ccccc1. The lowest BCUT2D eigenvalue weighted by molar-refractivity contribution is -0.139. The lowest BCUT2D eigenvalue weighted by Gasteiger charge is -2.33. The maximum atomic E-state index is 14.2. The van der Waals surface area contributed by atoms with Crippen molar-refractivity contribution in [3.8, 4) is 0 Å². The summed E-state index contributed by atoms with van der Waals surface area (Å²) in [6.07, 6.45) is 5.75. The minimum absolute atomic E-state index is 0.0907. The molecule has 1 aliphatic rings. The van der Waals surface area contributed by atoms with Crippen LogP contribution in [0.2, 0.25) is 0 Å². The molecule has 9 heteroatoms. The Bertz CT molecular complexity index is 1440. The molecule has 0 unspecified atom stereocenters. The van der Waals surface area contributed by atoms with Gasteiger partial charge in [0.2, 0.25) is 11.8 Å². The molecule has 3 aromatic rings. The highest BCUT2D eigenvalue weighted by Crippen LogP contribution is 2.28. The van der Waals surface area contributed by atoms with Gasteiger partial charge < -0.3 is 10.2 Å². The van der Waals surface area contributed by atoms with E-state index in [2.05, 4.69) is 21.2 Å². The Kier molecular flexibility index (Phi) is 10.6. The Morgan fingerprint density at radius 2 is 1.63 bits per heavy atom. The number of amides is 2. The highest BCUT2D eigenvalue weighted by molar-refractivity contribution is 9.10. The number of rotatable bonds is 11. The predicted octanol–water partition coefficient (Wildman–Crippen LogP) is 6.07. The monoisotopic (exact) mass is 639 g/mol. The summed E-state index contributed by atoms with van der Waals surface area (Å²) in [6.45, 7) is 3.38. The molecule has 2 amide bonds. The van der Waals surface area contributed by atoms with Gasteiger partial charge in [0.1, 0.15) is 12.6 Å². The lowest BCUT2D eigenvalue weighted by atomic mass is 9.95. The first-order valence-corrected chi connectivity index (χ1v) is 16.4. The summed E-state index contributed by atoms with van der Waals surface area (Å²) in [7, 11) is -4.09. The fraction of sp³-hybridized carbons (Fsp3) is 0.375. The average molecular weight is 641 g/mol. The van der Waals surface area contributed by atoms with Crippen molar-refractivity contribution >= 4 is 43.5 Å². The Balaban J connectivity index is 1.69.